The number of hydrogen-bond donors (Lipinski definition) is 1. The first-order chi connectivity index (χ1) is 19.9. The van der Waals surface area contributed by atoms with Crippen LogP contribution < -0.4 is 18.9 Å². The molecule has 8 nitrogen and oxygen atoms in total. The van der Waals surface area contributed by atoms with E-state index >= 15 is 0 Å². The summed E-state index contributed by atoms with van der Waals surface area (Å²) in [5.74, 6) is 1.89. The van der Waals surface area contributed by atoms with Gasteiger partial charge in [-0.3, -0.25) is 14.6 Å². The van der Waals surface area contributed by atoms with Crippen LogP contribution in [-0.4, -0.2) is 75.5 Å². The van der Waals surface area contributed by atoms with E-state index in [2.05, 4.69) is 47.9 Å². The van der Waals surface area contributed by atoms with E-state index in [1.165, 1.54) is 22.3 Å². The monoisotopic (exact) mass is 566 g/mol. The van der Waals surface area contributed by atoms with E-state index < -0.39 is 5.97 Å². The second-order valence-electron chi connectivity index (χ2n) is 11.7. The number of carboxylic acids is 1. The quantitative estimate of drug-likeness (QED) is 0.438. The minimum Gasteiger partial charge on any atom is -0.493 e. The zero-order valence-electron chi connectivity index (χ0n) is 25.5. The Labute approximate surface area is 244 Å². The van der Waals surface area contributed by atoms with Crippen LogP contribution in [0, 0.1) is 11.8 Å². The molecule has 1 aliphatic carbocycles. The third kappa shape index (κ3) is 4.93. The van der Waals surface area contributed by atoms with E-state index in [0.717, 1.165) is 74.9 Å². The van der Waals surface area contributed by atoms with Crippen molar-refractivity contribution in [3.63, 3.8) is 0 Å². The highest BCUT2D eigenvalue weighted by Gasteiger charge is 2.56. The fourth-order valence-electron chi connectivity index (χ4n) is 8.13. The van der Waals surface area contributed by atoms with Crippen molar-refractivity contribution in [3.8, 4) is 23.0 Å². The molecule has 5 rings (SSSR count). The van der Waals surface area contributed by atoms with E-state index in [1.54, 1.807) is 28.4 Å². The maximum atomic E-state index is 12.6. The second kappa shape index (κ2) is 12.1. The second-order valence-corrected chi connectivity index (χ2v) is 11.7. The van der Waals surface area contributed by atoms with E-state index in [0.29, 0.717) is 12.8 Å². The Kier molecular flexibility index (Phi) is 8.71. The summed E-state index contributed by atoms with van der Waals surface area (Å²) in [6.07, 6.45) is 4.92. The zero-order valence-corrected chi connectivity index (χ0v) is 25.5. The molecule has 8 heteroatoms. The summed E-state index contributed by atoms with van der Waals surface area (Å²) < 4.78 is 23.1. The molecule has 0 radical (unpaired) electrons. The van der Waals surface area contributed by atoms with Crippen molar-refractivity contribution in [2.45, 2.75) is 64.0 Å². The fourth-order valence-corrected chi connectivity index (χ4v) is 8.13. The number of nitrogens with zero attached hydrogens (tertiary/aromatic N) is 2. The van der Waals surface area contributed by atoms with Crippen LogP contribution in [0.3, 0.4) is 0 Å². The molecule has 224 valence electrons. The normalized spacial score (nSPS) is 26.2. The lowest BCUT2D eigenvalue weighted by Crippen LogP contribution is -2.61. The summed E-state index contributed by atoms with van der Waals surface area (Å²) in [5.41, 5.74) is 4.70. The summed E-state index contributed by atoms with van der Waals surface area (Å²) in [4.78, 5) is 17.8. The van der Waals surface area contributed by atoms with E-state index in [9.17, 15) is 9.90 Å². The van der Waals surface area contributed by atoms with Crippen LogP contribution in [0.15, 0.2) is 24.3 Å². The van der Waals surface area contributed by atoms with Crippen LogP contribution in [0.25, 0.3) is 0 Å². The minimum absolute atomic E-state index is 0.0316. The van der Waals surface area contributed by atoms with Crippen molar-refractivity contribution in [1.29, 1.82) is 0 Å². The third-order valence-electron chi connectivity index (χ3n) is 9.97. The first-order valence-corrected chi connectivity index (χ1v) is 15.1. The van der Waals surface area contributed by atoms with Gasteiger partial charge in [0.2, 0.25) is 0 Å². The maximum Gasteiger partial charge on any atom is 0.306 e. The van der Waals surface area contributed by atoms with Gasteiger partial charge in [0.1, 0.15) is 0 Å². The van der Waals surface area contributed by atoms with Gasteiger partial charge in [-0.1, -0.05) is 13.8 Å². The molecule has 2 heterocycles. The van der Waals surface area contributed by atoms with Gasteiger partial charge in [0.25, 0.3) is 0 Å². The van der Waals surface area contributed by atoms with Crippen LogP contribution in [0.2, 0.25) is 0 Å². The summed E-state index contributed by atoms with van der Waals surface area (Å²) >= 11 is 0. The van der Waals surface area contributed by atoms with Crippen LogP contribution in [0.4, 0.5) is 0 Å². The Morgan fingerprint density at radius 2 is 1.51 bits per heavy atom. The van der Waals surface area contributed by atoms with E-state index in [1.807, 2.05) is 0 Å². The SMILES string of the molecule is CCCN1CCc2cc(OC)c(OC)cc2[C@]12CC[C@H](C(=O)O)C[C@@H]2C1c2cc(OC)c(OC)cc2CCN1CC. The lowest BCUT2D eigenvalue weighted by atomic mass is 9.58. The van der Waals surface area contributed by atoms with Gasteiger partial charge in [-0.05, 0) is 98.1 Å². The molecule has 0 aromatic heterocycles. The van der Waals surface area contributed by atoms with E-state index in [-0.39, 0.29) is 23.4 Å². The smallest absolute Gasteiger partial charge is 0.306 e. The van der Waals surface area contributed by atoms with Crippen molar-refractivity contribution in [3.05, 3.63) is 46.5 Å². The van der Waals surface area contributed by atoms with Crippen LogP contribution >= 0.6 is 0 Å². The molecule has 0 bridgehead atoms. The van der Waals surface area contributed by atoms with Gasteiger partial charge >= 0.3 is 5.97 Å². The first kappa shape index (κ1) is 29.5. The predicted octanol–water partition coefficient (Wildman–Crippen LogP) is 5.30. The van der Waals surface area contributed by atoms with Gasteiger partial charge in [-0.2, -0.15) is 0 Å². The molecule has 2 aliphatic heterocycles. The highest BCUT2D eigenvalue weighted by atomic mass is 16.5. The number of carbonyl (C=O) groups is 1. The molecule has 2 aromatic rings. The number of aliphatic carboxylic acids is 1. The number of likely N-dealkylation sites (N-methyl/N-ethyl adjacent to an activating group) is 1. The molecule has 1 spiro atoms. The Hall–Kier alpha value is -2.97. The van der Waals surface area contributed by atoms with Crippen LogP contribution in [0.5, 0.6) is 23.0 Å². The highest BCUT2D eigenvalue weighted by molar-refractivity contribution is 5.70. The minimum atomic E-state index is -0.693. The van der Waals surface area contributed by atoms with Crippen molar-refractivity contribution in [2.24, 2.45) is 11.8 Å². The standard InChI is InChI=1S/C33H46N2O6/c1-7-13-35-15-11-22-18-28(39-4)30(41-6)20-25(22)33(35)12-9-23(32(36)37)16-26(33)31-24-19-29(40-5)27(38-3)17-21(24)10-14-34(31)8-2/h17-20,23,26,31H,7-16H2,1-6H3,(H,36,37)/t23-,26+,31?,33-/m0/s1. The van der Waals surface area contributed by atoms with Crippen LogP contribution in [-0.2, 0) is 23.2 Å². The molecule has 0 saturated heterocycles. The number of methoxy groups -OCH3 is 4. The Morgan fingerprint density at radius 1 is 0.902 bits per heavy atom. The third-order valence-corrected chi connectivity index (χ3v) is 9.97. The zero-order chi connectivity index (χ0) is 29.3. The van der Waals surface area contributed by atoms with Gasteiger partial charge in [-0.15, -0.1) is 0 Å². The molecule has 1 fully saturated rings. The van der Waals surface area contributed by atoms with Gasteiger partial charge in [0.15, 0.2) is 23.0 Å². The number of hydrogen-bond acceptors (Lipinski definition) is 7. The predicted molar refractivity (Wildman–Crippen MR) is 158 cm³/mol. The average Bonchev–Trinajstić information content (AvgIpc) is 3.00. The molecule has 4 atom stereocenters. The molecule has 1 saturated carbocycles. The van der Waals surface area contributed by atoms with Crippen LogP contribution in [0.1, 0.15) is 67.8 Å². The largest absolute Gasteiger partial charge is 0.493 e. The van der Waals surface area contributed by atoms with E-state index in [4.69, 9.17) is 18.9 Å². The summed E-state index contributed by atoms with van der Waals surface area (Å²) in [5, 5.41) is 10.3. The molecule has 41 heavy (non-hydrogen) atoms. The van der Waals surface area contributed by atoms with Gasteiger partial charge in [-0.25, -0.2) is 0 Å². The number of ether oxygens (including phenoxy) is 4. The summed E-state index contributed by atoms with van der Waals surface area (Å²) in [7, 11) is 6.74. The number of fused-ring (bicyclic) bond motifs is 3. The van der Waals surface area contributed by atoms with Gasteiger partial charge in [0, 0.05) is 25.0 Å². The van der Waals surface area contributed by atoms with Crippen molar-refractivity contribution >= 4 is 5.97 Å². The molecule has 3 aliphatic rings. The molecule has 2 aromatic carbocycles. The molecule has 0 amide bonds. The lowest BCUT2D eigenvalue weighted by molar-refractivity contribution is -0.148. The summed E-state index contributed by atoms with van der Waals surface area (Å²) in [6.45, 7) is 8.15. The molecule has 1 unspecified atom stereocenters. The van der Waals surface area contributed by atoms with Crippen molar-refractivity contribution in [2.75, 3.05) is 54.6 Å². The van der Waals surface area contributed by atoms with Crippen molar-refractivity contribution in [1.82, 2.24) is 9.80 Å². The molecular formula is C33H46N2O6. The van der Waals surface area contributed by atoms with Crippen molar-refractivity contribution < 1.29 is 28.8 Å². The number of carboxylic acid groups (broad SMARTS) is 1. The Bertz CT molecular complexity index is 1260. The topological polar surface area (TPSA) is 80.7 Å². The number of rotatable bonds is 9. The summed E-state index contributed by atoms with van der Waals surface area (Å²) in [6, 6.07) is 8.66. The van der Waals surface area contributed by atoms with Gasteiger partial charge in [0.05, 0.1) is 39.9 Å². The first-order valence-electron chi connectivity index (χ1n) is 15.1. The highest BCUT2D eigenvalue weighted by Crippen LogP contribution is 2.58. The maximum absolute atomic E-state index is 12.6. The molecular weight excluding hydrogens is 520 g/mol. The Balaban J connectivity index is 1.78. The lowest BCUT2D eigenvalue weighted by Gasteiger charge is -2.59. The molecule has 1 N–H and O–H groups in total. The fraction of sp³-hybridized carbons (Fsp3) is 0.606. The number of benzene rings is 2. The van der Waals surface area contributed by atoms with Gasteiger partial charge < -0.3 is 24.1 Å². The Morgan fingerprint density at radius 3 is 2.12 bits per heavy atom. The average molecular weight is 567 g/mol.